The normalized spacial score (nSPS) is 21.9. The second-order valence-corrected chi connectivity index (χ2v) is 9.76. The molecule has 1 saturated heterocycles. The fraction of sp³-hybridized carbons (Fsp3) is 0.556. The van der Waals surface area contributed by atoms with Crippen molar-refractivity contribution in [1.82, 2.24) is 15.1 Å². The van der Waals surface area contributed by atoms with E-state index in [4.69, 9.17) is 0 Å². The SMILES string of the molecule is C=CCCC(C(=C)NC)N1Cc2cc(CC3CN(CC)CCC3(C)C)ccc2C1=C. The third-order valence-electron chi connectivity index (χ3n) is 7.50. The Bertz CT molecular complexity index is 791. The minimum Gasteiger partial charge on any atom is -0.390 e. The predicted molar refractivity (Wildman–Crippen MR) is 130 cm³/mol. The molecule has 2 heterocycles. The van der Waals surface area contributed by atoms with Crippen molar-refractivity contribution in [2.45, 2.75) is 59.0 Å². The number of nitrogens with one attached hydrogen (secondary N) is 1. The molecule has 2 aliphatic rings. The molecule has 2 unspecified atom stereocenters. The standard InChI is InChI=1S/C27H41N3/c1-8-10-11-26(20(3)28-7)30-18-23-16-22(12-13-25(23)21(30)4)17-24-19-29(9-2)15-14-27(24,5)6/h8,12-13,16,24,26,28H,1,3-4,9-11,14-15,17-19H2,2,5-7H3. The van der Waals surface area contributed by atoms with Crippen LogP contribution in [0.5, 0.6) is 0 Å². The van der Waals surface area contributed by atoms with E-state index in [1.54, 1.807) is 0 Å². The van der Waals surface area contributed by atoms with E-state index in [2.05, 4.69) is 73.8 Å². The Hall–Kier alpha value is -2.00. The third kappa shape index (κ3) is 4.67. The van der Waals surface area contributed by atoms with Crippen LogP contribution in [-0.2, 0) is 13.0 Å². The summed E-state index contributed by atoms with van der Waals surface area (Å²) < 4.78 is 0. The number of piperidine rings is 1. The van der Waals surface area contributed by atoms with Gasteiger partial charge in [-0.25, -0.2) is 0 Å². The van der Waals surface area contributed by atoms with E-state index in [-0.39, 0.29) is 6.04 Å². The first-order chi connectivity index (χ1) is 14.3. The summed E-state index contributed by atoms with van der Waals surface area (Å²) in [6, 6.07) is 7.31. The highest BCUT2D eigenvalue weighted by Gasteiger charge is 2.35. The molecule has 3 heteroatoms. The summed E-state index contributed by atoms with van der Waals surface area (Å²) in [5.41, 5.74) is 6.75. The lowest BCUT2D eigenvalue weighted by Crippen LogP contribution is -2.45. The van der Waals surface area contributed by atoms with E-state index in [0.29, 0.717) is 11.3 Å². The molecule has 0 radical (unpaired) electrons. The van der Waals surface area contributed by atoms with E-state index < -0.39 is 0 Å². The van der Waals surface area contributed by atoms with Crippen LogP contribution in [-0.4, -0.2) is 42.5 Å². The molecule has 0 bridgehead atoms. The maximum Gasteiger partial charge on any atom is 0.0688 e. The average Bonchev–Trinajstić information content (AvgIpc) is 3.05. The highest BCUT2D eigenvalue weighted by molar-refractivity contribution is 5.70. The van der Waals surface area contributed by atoms with E-state index in [1.807, 2.05) is 13.1 Å². The van der Waals surface area contributed by atoms with Crippen molar-refractivity contribution >= 4 is 5.70 Å². The zero-order valence-electron chi connectivity index (χ0n) is 19.6. The monoisotopic (exact) mass is 407 g/mol. The van der Waals surface area contributed by atoms with E-state index in [1.165, 1.54) is 36.2 Å². The number of allylic oxidation sites excluding steroid dienone is 1. The topological polar surface area (TPSA) is 18.5 Å². The summed E-state index contributed by atoms with van der Waals surface area (Å²) >= 11 is 0. The number of likely N-dealkylation sites (tertiary alicyclic amines) is 1. The quantitative estimate of drug-likeness (QED) is 0.549. The molecule has 3 nitrogen and oxygen atoms in total. The first kappa shape index (κ1) is 22.7. The van der Waals surface area contributed by atoms with Crippen LogP contribution >= 0.6 is 0 Å². The predicted octanol–water partition coefficient (Wildman–Crippen LogP) is 5.45. The summed E-state index contributed by atoms with van der Waals surface area (Å²) in [6.45, 7) is 24.3. The molecule has 1 N–H and O–H groups in total. The van der Waals surface area contributed by atoms with Gasteiger partial charge in [0.05, 0.1) is 6.04 Å². The number of fused-ring (bicyclic) bond motifs is 1. The van der Waals surface area contributed by atoms with Crippen LogP contribution in [0.2, 0.25) is 0 Å². The lowest BCUT2D eigenvalue weighted by molar-refractivity contribution is 0.0636. The Kier molecular flexibility index (Phi) is 7.13. The summed E-state index contributed by atoms with van der Waals surface area (Å²) in [5, 5.41) is 3.27. The minimum atomic E-state index is 0.242. The van der Waals surface area contributed by atoms with Crippen molar-refractivity contribution < 1.29 is 0 Å². The molecule has 30 heavy (non-hydrogen) atoms. The van der Waals surface area contributed by atoms with Gasteiger partial charge < -0.3 is 15.1 Å². The van der Waals surface area contributed by atoms with Crippen molar-refractivity contribution in [3.63, 3.8) is 0 Å². The molecule has 0 amide bonds. The summed E-state index contributed by atoms with van der Waals surface area (Å²) in [6.07, 6.45) is 6.42. The van der Waals surface area contributed by atoms with Gasteiger partial charge in [-0.15, -0.1) is 6.58 Å². The Balaban J connectivity index is 1.77. The van der Waals surface area contributed by atoms with Crippen molar-refractivity contribution in [2.24, 2.45) is 11.3 Å². The van der Waals surface area contributed by atoms with Gasteiger partial charge in [-0.1, -0.05) is 58.2 Å². The molecule has 1 fully saturated rings. The van der Waals surface area contributed by atoms with Crippen molar-refractivity contribution in [1.29, 1.82) is 0 Å². The van der Waals surface area contributed by atoms with Crippen molar-refractivity contribution in [3.05, 3.63) is 66.4 Å². The first-order valence-corrected chi connectivity index (χ1v) is 11.6. The second-order valence-electron chi connectivity index (χ2n) is 9.76. The molecule has 2 aliphatic heterocycles. The van der Waals surface area contributed by atoms with Gasteiger partial charge in [-0.3, -0.25) is 0 Å². The third-order valence-corrected chi connectivity index (χ3v) is 7.50. The zero-order valence-corrected chi connectivity index (χ0v) is 19.6. The average molecular weight is 408 g/mol. The Labute approximate surface area is 184 Å². The summed E-state index contributed by atoms with van der Waals surface area (Å²) in [7, 11) is 1.96. The molecule has 1 aromatic rings. The van der Waals surface area contributed by atoms with Crippen LogP contribution in [0.15, 0.2) is 49.7 Å². The molecule has 0 spiro atoms. The highest BCUT2D eigenvalue weighted by atomic mass is 15.2. The van der Waals surface area contributed by atoms with Gasteiger partial charge in [0.1, 0.15) is 0 Å². The summed E-state index contributed by atoms with van der Waals surface area (Å²) in [4.78, 5) is 5.03. The minimum absolute atomic E-state index is 0.242. The Morgan fingerprint density at radius 3 is 2.80 bits per heavy atom. The molecule has 0 aliphatic carbocycles. The number of benzene rings is 1. The lowest BCUT2D eigenvalue weighted by atomic mass is 9.71. The van der Waals surface area contributed by atoms with Crippen LogP contribution in [0.1, 0.15) is 56.7 Å². The van der Waals surface area contributed by atoms with Crippen LogP contribution in [0.3, 0.4) is 0 Å². The highest BCUT2D eigenvalue weighted by Crippen LogP contribution is 2.40. The molecule has 2 atom stereocenters. The van der Waals surface area contributed by atoms with E-state index in [9.17, 15) is 0 Å². The van der Waals surface area contributed by atoms with Crippen LogP contribution in [0, 0.1) is 11.3 Å². The molecule has 1 aromatic carbocycles. The molecule has 3 rings (SSSR count). The van der Waals surface area contributed by atoms with E-state index >= 15 is 0 Å². The molecule has 164 valence electrons. The second kappa shape index (κ2) is 9.43. The van der Waals surface area contributed by atoms with Gasteiger partial charge in [0.15, 0.2) is 0 Å². The Morgan fingerprint density at radius 1 is 1.37 bits per heavy atom. The number of nitrogens with zero attached hydrogens (tertiary/aromatic N) is 2. The van der Waals surface area contributed by atoms with Gasteiger partial charge in [0.2, 0.25) is 0 Å². The van der Waals surface area contributed by atoms with Gasteiger partial charge in [0.25, 0.3) is 0 Å². The fourth-order valence-electron chi connectivity index (χ4n) is 5.09. The van der Waals surface area contributed by atoms with Gasteiger partial charge in [-0.2, -0.15) is 0 Å². The number of rotatable bonds is 9. The van der Waals surface area contributed by atoms with Crippen LogP contribution < -0.4 is 5.32 Å². The van der Waals surface area contributed by atoms with Crippen molar-refractivity contribution in [2.75, 3.05) is 26.7 Å². The number of hydrogen-bond acceptors (Lipinski definition) is 3. The van der Waals surface area contributed by atoms with E-state index in [0.717, 1.165) is 43.7 Å². The lowest BCUT2D eigenvalue weighted by Gasteiger charge is -2.44. The van der Waals surface area contributed by atoms with Gasteiger partial charge in [0, 0.05) is 37.1 Å². The molecule has 0 saturated carbocycles. The molecular weight excluding hydrogens is 366 g/mol. The number of hydrogen-bond donors (Lipinski definition) is 1. The summed E-state index contributed by atoms with van der Waals surface area (Å²) in [5.74, 6) is 0.703. The van der Waals surface area contributed by atoms with Crippen LogP contribution in [0.4, 0.5) is 0 Å². The largest absolute Gasteiger partial charge is 0.390 e. The zero-order chi connectivity index (χ0) is 21.9. The van der Waals surface area contributed by atoms with Crippen molar-refractivity contribution in [3.8, 4) is 0 Å². The van der Waals surface area contributed by atoms with Gasteiger partial charge in [-0.05, 0) is 61.2 Å². The number of likely N-dealkylation sites (N-methyl/N-ethyl adjacent to an activating group) is 1. The smallest absolute Gasteiger partial charge is 0.0688 e. The maximum atomic E-state index is 4.44. The molecular formula is C27H41N3. The fourth-order valence-corrected chi connectivity index (χ4v) is 5.09. The van der Waals surface area contributed by atoms with Crippen LogP contribution in [0.25, 0.3) is 5.70 Å². The first-order valence-electron chi connectivity index (χ1n) is 11.6. The maximum absolute atomic E-state index is 4.44. The molecule has 0 aromatic heterocycles. The Morgan fingerprint density at radius 2 is 2.13 bits per heavy atom. The van der Waals surface area contributed by atoms with Gasteiger partial charge >= 0.3 is 0 Å².